The molecule has 0 saturated carbocycles. The highest BCUT2D eigenvalue weighted by molar-refractivity contribution is 6.18. The number of aliphatic hydroxyl groups excluding tert-OH is 2. The number of benzene rings is 1. The van der Waals surface area contributed by atoms with Crippen molar-refractivity contribution in [2.75, 3.05) is 13.0 Å². The third-order valence-corrected chi connectivity index (χ3v) is 2.73. The lowest BCUT2D eigenvalue weighted by atomic mass is 10.0. The summed E-state index contributed by atoms with van der Waals surface area (Å²) < 4.78 is 4.47. The Kier molecular flexibility index (Phi) is 5.85. The van der Waals surface area contributed by atoms with E-state index in [9.17, 15) is 15.0 Å². The van der Waals surface area contributed by atoms with Gasteiger partial charge in [-0.3, -0.25) is 0 Å². The average molecular weight is 271 g/mol. The number of methoxy groups -OCH3 is 1. The van der Waals surface area contributed by atoms with Gasteiger partial charge in [-0.15, -0.1) is 11.6 Å². The molecule has 18 heavy (non-hydrogen) atoms. The number of carbonyl (C=O) groups is 1. The van der Waals surface area contributed by atoms with Gasteiger partial charge in [0.05, 0.1) is 19.1 Å². The zero-order chi connectivity index (χ0) is 13.5. The van der Waals surface area contributed by atoms with Crippen LogP contribution in [0.15, 0.2) is 30.3 Å². The van der Waals surface area contributed by atoms with Gasteiger partial charge in [-0.25, -0.2) is 4.79 Å². The van der Waals surface area contributed by atoms with Crippen LogP contribution in [0.1, 0.15) is 17.2 Å². The van der Waals surface area contributed by atoms with Crippen molar-refractivity contribution in [1.29, 1.82) is 0 Å². The predicted octanol–water partition coefficient (Wildman–Crippen LogP) is 1.51. The fourth-order valence-electron chi connectivity index (χ4n) is 1.34. The lowest BCUT2D eigenvalue weighted by Crippen LogP contribution is -2.19. The van der Waals surface area contributed by atoms with Gasteiger partial charge in [0.15, 0.2) is 0 Å². The SMILES string of the molecule is COC(=O)/C=C/c1ccc(C(O)C(O)CCl)cc1. The lowest BCUT2D eigenvalue weighted by molar-refractivity contribution is -0.134. The molecule has 5 heteroatoms. The summed E-state index contributed by atoms with van der Waals surface area (Å²) in [5, 5.41) is 19.1. The van der Waals surface area contributed by atoms with Crippen LogP contribution >= 0.6 is 11.6 Å². The van der Waals surface area contributed by atoms with E-state index < -0.39 is 18.2 Å². The third-order valence-electron chi connectivity index (χ3n) is 2.41. The molecule has 2 atom stereocenters. The van der Waals surface area contributed by atoms with Gasteiger partial charge in [0.2, 0.25) is 0 Å². The monoisotopic (exact) mass is 270 g/mol. The van der Waals surface area contributed by atoms with Gasteiger partial charge in [0, 0.05) is 6.08 Å². The first-order valence-electron chi connectivity index (χ1n) is 5.36. The Morgan fingerprint density at radius 1 is 1.39 bits per heavy atom. The molecule has 0 aliphatic rings. The lowest BCUT2D eigenvalue weighted by Gasteiger charge is -2.15. The number of halogens is 1. The third kappa shape index (κ3) is 4.14. The van der Waals surface area contributed by atoms with E-state index >= 15 is 0 Å². The van der Waals surface area contributed by atoms with Gasteiger partial charge < -0.3 is 14.9 Å². The highest BCUT2D eigenvalue weighted by atomic mass is 35.5. The Balaban J connectivity index is 2.74. The molecule has 0 bridgehead atoms. The molecular formula is C13H15ClO4. The van der Waals surface area contributed by atoms with Crippen LogP contribution in [0.2, 0.25) is 0 Å². The molecule has 0 fully saturated rings. The summed E-state index contributed by atoms with van der Waals surface area (Å²) in [6.07, 6.45) is 0.892. The molecule has 4 nitrogen and oxygen atoms in total. The number of hydrogen-bond donors (Lipinski definition) is 2. The molecule has 2 N–H and O–H groups in total. The molecule has 0 heterocycles. The Bertz CT molecular complexity index is 414. The van der Waals surface area contributed by atoms with Crippen LogP contribution in [0.4, 0.5) is 0 Å². The molecule has 1 aromatic rings. The Hall–Kier alpha value is -1.36. The van der Waals surface area contributed by atoms with E-state index in [1.807, 2.05) is 0 Å². The molecule has 98 valence electrons. The fraction of sp³-hybridized carbons (Fsp3) is 0.308. The van der Waals surface area contributed by atoms with Crippen LogP contribution in [0.25, 0.3) is 6.08 Å². The zero-order valence-electron chi connectivity index (χ0n) is 9.91. The van der Waals surface area contributed by atoms with E-state index in [4.69, 9.17) is 11.6 Å². The minimum atomic E-state index is -1.01. The molecule has 2 unspecified atom stereocenters. The highest BCUT2D eigenvalue weighted by Crippen LogP contribution is 2.18. The molecule has 0 amide bonds. The topological polar surface area (TPSA) is 66.8 Å². The summed E-state index contributed by atoms with van der Waals surface area (Å²) in [4.78, 5) is 10.9. The molecule has 0 aliphatic heterocycles. The number of esters is 1. The minimum absolute atomic E-state index is 0.0365. The molecule has 0 saturated heterocycles. The quantitative estimate of drug-likeness (QED) is 0.483. The van der Waals surface area contributed by atoms with Crippen molar-refractivity contribution < 1.29 is 19.7 Å². The van der Waals surface area contributed by atoms with Crippen LogP contribution in [0, 0.1) is 0 Å². The van der Waals surface area contributed by atoms with E-state index in [1.54, 1.807) is 30.3 Å². The summed E-state index contributed by atoms with van der Waals surface area (Å²) in [5.41, 5.74) is 1.36. The number of ether oxygens (including phenoxy) is 1. The zero-order valence-corrected chi connectivity index (χ0v) is 10.7. The van der Waals surface area contributed by atoms with Crippen LogP contribution in [-0.4, -0.2) is 35.3 Å². The maximum absolute atomic E-state index is 10.9. The van der Waals surface area contributed by atoms with Gasteiger partial charge in [-0.05, 0) is 17.2 Å². The van der Waals surface area contributed by atoms with Gasteiger partial charge >= 0.3 is 5.97 Å². The Morgan fingerprint density at radius 3 is 2.50 bits per heavy atom. The second-order valence-electron chi connectivity index (χ2n) is 3.69. The second kappa shape index (κ2) is 7.16. The summed E-state index contributed by atoms with van der Waals surface area (Å²) >= 11 is 5.46. The first-order chi connectivity index (χ1) is 8.58. The Labute approximate surface area is 110 Å². The average Bonchev–Trinajstić information content (AvgIpc) is 2.43. The molecule has 1 aromatic carbocycles. The largest absolute Gasteiger partial charge is 0.466 e. The first-order valence-corrected chi connectivity index (χ1v) is 5.90. The first kappa shape index (κ1) is 14.7. The number of aliphatic hydroxyl groups is 2. The molecule has 0 aromatic heterocycles. The molecule has 1 rings (SSSR count). The fourth-order valence-corrected chi connectivity index (χ4v) is 1.51. The standard InChI is InChI=1S/C13H15ClO4/c1-18-12(16)7-4-9-2-5-10(6-3-9)13(17)11(15)8-14/h2-7,11,13,15,17H,8H2,1H3/b7-4+. The normalized spacial score (nSPS) is 14.4. The van der Waals surface area contributed by atoms with E-state index in [0.717, 1.165) is 5.56 Å². The maximum atomic E-state index is 10.9. The van der Waals surface area contributed by atoms with Crippen molar-refractivity contribution in [2.45, 2.75) is 12.2 Å². The predicted molar refractivity (Wildman–Crippen MR) is 69.2 cm³/mol. The Morgan fingerprint density at radius 2 is 2.00 bits per heavy atom. The van der Waals surface area contributed by atoms with E-state index in [-0.39, 0.29) is 5.88 Å². The second-order valence-corrected chi connectivity index (χ2v) is 4.00. The minimum Gasteiger partial charge on any atom is -0.466 e. The van der Waals surface area contributed by atoms with Crippen LogP contribution in [0.5, 0.6) is 0 Å². The van der Waals surface area contributed by atoms with Crippen molar-refractivity contribution in [2.24, 2.45) is 0 Å². The summed E-state index contributed by atoms with van der Waals surface area (Å²) in [6.45, 7) is 0. The van der Waals surface area contributed by atoms with Crippen LogP contribution in [0.3, 0.4) is 0 Å². The smallest absolute Gasteiger partial charge is 0.330 e. The van der Waals surface area contributed by atoms with Gasteiger partial charge in [-0.1, -0.05) is 24.3 Å². The van der Waals surface area contributed by atoms with E-state index in [0.29, 0.717) is 5.56 Å². The van der Waals surface area contributed by atoms with Crippen molar-refractivity contribution in [3.05, 3.63) is 41.5 Å². The number of alkyl halides is 1. The van der Waals surface area contributed by atoms with Gasteiger partial charge in [0.25, 0.3) is 0 Å². The molecular weight excluding hydrogens is 256 g/mol. The van der Waals surface area contributed by atoms with Crippen LogP contribution < -0.4 is 0 Å². The molecule has 0 spiro atoms. The van der Waals surface area contributed by atoms with Crippen molar-refractivity contribution in [1.82, 2.24) is 0 Å². The highest BCUT2D eigenvalue weighted by Gasteiger charge is 2.16. The molecule has 0 aliphatic carbocycles. The van der Waals surface area contributed by atoms with E-state index in [1.165, 1.54) is 13.2 Å². The number of rotatable bonds is 5. The van der Waals surface area contributed by atoms with Crippen molar-refractivity contribution >= 4 is 23.6 Å². The number of hydrogen-bond acceptors (Lipinski definition) is 4. The van der Waals surface area contributed by atoms with Crippen molar-refractivity contribution in [3.63, 3.8) is 0 Å². The van der Waals surface area contributed by atoms with Crippen LogP contribution in [-0.2, 0) is 9.53 Å². The van der Waals surface area contributed by atoms with Gasteiger partial charge in [0.1, 0.15) is 6.10 Å². The molecule has 0 radical (unpaired) electrons. The summed E-state index contributed by atoms with van der Waals surface area (Å²) in [7, 11) is 1.31. The summed E-state index contributed by atoms with van der Waals surface area (Å²) in [5.74, 6) is -0.470. The van der Waals surface area contributed by atoms with E-state index in [2.05, 4.69) is 4.74 Å². The van der Waals surface area contributed by atoms with Gasteiger partial charge in [-0.2, -0.15) is 0 Å². The number of carbonyl (C=O) groups excluding carboxylic acids is 1. The maximum Gasteiger partial charge on any atom is 0.330 e. The van der Waals surface area contributed by atoms with Crippen molar-refractivity contribution in [3.8, 4) is 0 Å². The summed E-state index contributed by atoms with van der Waals surface area (Å²) in [6, 6.07) is 6.77.